The molecule has 0 fully saturated rings. The molecule has 100 valence electrons. The molecule has 0 spiro atoms. The highest BCUT2D eigenvalue weighted by Gasteiger charge is 2.05. The Morgan fingerprint density at radius 3 is 2.56 bits per heavy atom. The van der Waals surface area contributed by atoms with Crippen molar-refractivity contribution in [2.24, 2.45) is 0 Å². The number of nitrogens with one attached hydrogen (secondary N) is 1. The van der Waals surface area contributed by atoms with Gasteiger partial charge in [0.2, 0.25) is 5.56 Å². The van der Waals surface area contributed by atoms with Gasteiger partial charge in [0.1, 0.15) is 0 Å². The van der Waals surface area contributed by atoms with Crippen molar-refractivity contribution < 1.29 is 9.53 Å². The van der Waals surface area contributed by atoms with E-state index in [1.54, 1.807) is 0 Å². The maximum absolute atomic E-state index is 11.5. The van der Waals surface area contributed by atoms with Gasteiger partial charge in [-0.05, 0) is 12.5 Å². The molecule has 0 aliphatic heterocycles. The summed E-state index contributed by atoms with van der Waals surface area (Å²) in [6, 6.07) is 2.80. The second-order valence-electron chi connectivity index (χ2n) is 4.35. The zero-order valence-electron chi connectivity index (χ0n) is 10.9. The van der Waals surface area contributed by atoms with Gasteiger partial charge in [0.15, 0.2) is 0 Å². The first kappa shape index (κ1) is 14.5. The molecule has 1 aromatic heterocycles. The summed E-state index contributed by atoms with van der Waals surface area (Å²) < 4.78 is 5.11. The van der Waals surface area contributed by atoms with Gasteiger partial charge in [-0.15, -0.1) is 0 Å². The van der Waals surface area contributed by atoms with Crippen LogP contribution in [0.25, 0.3) is 0 Å². The highest BCUT2D eigenvalue weighted by molar-refractivity contribution is 5.88. The predicted octanol–water partition coefficient (Wildman–Crippen LogP) is 2.89. The molecule has 1 N–H and O–H groups in total. The van der Waals surface area contributed by atoms with Crippen molar-refractivity contribution in [3.63, 3.8) is 0 Å². The van der Waals surface area contributed by atoms with Gasteiger partial charge < -0.3 is 9.72 Å². The highest BCUT2D eigenvalue weighted by Crippen LogP contribution is 2.05. The van der Waals surface area contributed by atoms with E-state index >= 15 is 0 Å². The lowest BCUT2D eigenvalue weighted by Crippen LogP contribution is -2.10. The lowest BCUT2D eigenvalue weighted by Gasteiger charge is -2.04. The molecule has 0 saturated carbocycles. The molecule has 4 heteroatoms. The van der Waals surface area contributed by atoms with Crippen molar-refractivity contribution >= 4 is 5.97 Å². The van der Waals surface area contributed by atoms with Crippen LogP contribution in [0.1, 0.15) is 55.8 Å². The van der Waals surface area contributed by atoms with Crippen LogP contribution < -0.4 is 5.56 Å². The number of hydrogen-bond acceptors (Lipinski definition) is 3. The van der Waals surface area contributed by atoms with E-state index in [2.05, 4.69) is 11.9 Å². The molecule has 18 heavy (non-hydrogen) atoms. The molecule has 0 bridgehead atoms. The number of unbranched alkanes of at least 4 members (excludes halogenated alkanes) is 5. The molecular weight excluding hydrogens is 230 g/mol. The van der Waals surface area contributed by atoms with Gasteiger partial charge in [0, 0.05) is 12.3 Å². The minimum absolute atomic E-state index is 0.220. The number of esters is 1. The molecule has 0 aromatic carbocycles. The number of carbonyl (C=O) groups excluding carboxylic acids is 1. The molecule has 0 radical (unpaired) electrons. The highest BCUT2D eigenvalue weighted by atomic mass is 16.5. The molecule has 1 aromatic rings. The maximum atomic E-state index is 11.5. The van der Waals surface area contributed by atoms with Gasteiger partial charge >= 0.3 is 5.97 Å². The fourth-order valence-electron chi connectivity index (χ4n) is 1.67. The summed E-state index contributed by atoms with van der Waals surface area (Å²) in [6.45, 7) is 2.63. The van der Waals surface area contributed by atoms with E-state index in [1.807, 2.05) is 0 Å². The Morgan fingerprint density at radius 1 is 1.17 bits per heavy atom. The van der Waals surface area contributed by atoms with Crippen LogP contribution in [-0.2, 0) is 4.74 Å². The Labute approximate surface area is 107 Å². The zero-order chi connectivity index (χ0) is 13.2. The number of aromatic nitrogens is 1. The molecule has 0 saturated heterocycles. The molecule has 1 rings (SSSR count). The summed E-state index contributed by atoms with van der Waals surface area (Å²) in [4.78, 5) is 24.8. The lowest BCUT2D eigenvalue weighted by molar-refractivity contribution is 0.0497. The number of pyridine rings is 1. The maximum Gasteiger partial charge on any atom is 0.339 e. The fourth-order valence-corrected chi connectivity index (χ4v) is 1.67. The Hall–Kier alpha value is -1.58. The van der Waals surface area contributed by atoms with Crippen molar-refractivity contribution in [2.75, 3.05) is 6.61 Å². The van der Waals surface area contributed by atoms with E-state index in [1.165, 1.54) is 44.0 Å². The van der Waals surface area contributed by atoms with Crippen molar-refractivity contribution in [3.8, 4) is 0 Å². The summed E-state index contributed by atoms with van der Waals surface area (Å²) in [5, 5.41) is 0. The number of aromatic amines is 1. The van der Waals surface area contributed by atoms with Crippen LogP contribution in [-0.4, -0.2) is 17.6 Å². The second kappa shape index (κ2) is 8.50. The zero-order valence-corrected chi connectivity index (χ0v) is 10.9. The van der Waals surface area contributed by atoms with Gasteiger partial charge in [-0.3, -0.25) is 4.79 Å². The minimum Gasteiger partial charge on any atom is -0.462 e. The summed E-state index contributed by atoms with van der Waals surface area (Å²) >= 11 is 0. The van der Waals surface area contributed by atoms with Crippen LogP contribution in [0.3, 0.4) is 0 Å². The van der Waals surface area contributed by atoms with Crippen LogP contribution in [0.15, 0.2) is 23.1 Å². The largest absolute Gasteiger partial charge is 0.462 e. The summed E-state index contributed by atoms with van der Waals surface area (Å²) in [5.74, 6) is -0.375. The smallest absolute Gasteiger partial charge is 0.339 e. The van der Waals surface area contributed by atoms with E-state index in [-0.39, 0.29) is 11.5 Å². The summed E-state index contributed by atoms with van der Waals surface area (Å²) in [7, 11) is 0. The van der Waals surface area contributed by atoms with Crippen LogP contribution in [0.2, 0.25) is 0 Å². The second-order valence-corrected chi connectivity index (χ2v) is 4.35. The fraction of sp³-hybridized carbons (Fsp3) is 0.571. The van der Waals surface area contributed by atoms with E-state index in [9.17, 15) is 9.59 Å². The monoisotopic (exact) mass is 251 g/mol. The van der Waals surface area contributed by atoms with Crippen molar-refractivity contribution in [1.82, 2.24) is 4.98 Å². The Balaban J connectivity index is 2.14. The number of hydrogen-bond donors (Lipinski definition) is 1. The molecule has 0 amide bonds. The summed E-state index contributed by atoms with van der Waals surface area (Å²) in [6.07, 6.45) is 8.34. The normalized spacial score (nSPS) is 10.3. The average Bonchev–Trinajstić information content (AvgIpc) is 2.38. The molecular formula is C14H21NO3. The number of rotatable bonds is 8. The lowest BCUT2D eigenvalue weighted by atomic mass is 10.1. The minimum atomic E-state index is -0.375. The van der Waals surface area contributed by atoms with E-state index in [4.69, 9.17) is 4.74 Å². The topological polar surface area (TPSA) is 59.2 Å². The third-order valence-corrected chi connectivity index (χ3v) is 2.75. The molecule has 4 nitrogen and oxygen atoms in total. The van der Waals surface area contributed by atoms with Crippen molar-refractivity contribution in [1.29, 1.82) is 0 Å². The molecule has 1 heterocycles. The SMILES string of the molecule is CCCCCCCCOC(=O)c1ccc(=O)[nH]c1. The Kier molecular flexibility index (Phi) is 6.84. The number of H-pyrrole nitrogens is 1. The first-order valence-electron chi connectivity index (χ1n) is 6.60. The third kappa shape index (κ3) is 5.66. The van der Waals surface area contributed by atoms with Crippen LogP contribution in [0.4, 0.5) is 0 Å². The number of ether oxygens (including phenoxy) is 1. The van der Waals surface area contributed by atoms with Gasteiger partial charge in [0.25, 0.3) is 0 Å². The van der Waals surface area contributed by atoms with Gasteiger partial charge in [-0.2, -0.15) is 0 Å². The Bertz CT molecular complexity index is 391. The van der Waals surface area contributed by atoms with Crippen LogP contribution in [0.5, 0.6) is 0 Å². The number of carbonyl (C=O) groups is 1. The van der Waals surface area contributed by atoms with E-state index < -0.39 is 0 Å². The van der Waals surface area contributed by atoms with Gasteiger partial charge in [-0.25, -0.2) is 4.79 Å². The summed E-state index contributed by atoms with van der Waals surface area (Å²) in [5.41, 5.74) is 0.169. The third-order valence-electron chi connectivity index (χ3n) is 2.75. The quantitative estimate of drug-likeness (QED) is 0.571. The van der Waals surface area contributed by atoms with Gasteiger partial charge in [0.05, 0.1) is 12.2 Å². The van der Waals surface area contributed by atoms with Crippen LogP contribution >= 0.6 is 0 Å². The Morgan fingerprint density at radius 2 is 1.89 bits per heavy atom. The van der Waals surface area contributed by atoms with E-state index in [0.717, 1.165) is 12.8 Å². The first-order valence-corrected chi connectivity index (χ1v) is 6.60. The molecule has 0 aliphatic carbocycles. The first-order chi connectivity index (χ1) is 8.74. The molecule has 0 unspecified atom stereocenters. The van der Waals surface area contributed by atoms with Crippen molar-refractivity contribution in [2.45, 2.75) is 45.4 Å². The molecule has 0 atom stereocenters. The van der Waals surface area contributed by atoms with E-state index in [0.29, 0.717) is 12.2 Å². The van der Waals surface area contributed by atoms with Crippen LogP contribution in [0, 0.1) is 0 Å². The predicted molar refractivity (Wildman–Crippen MR) is 70.7 cm³/mol. The van der Waals surface area contributed by atoms with Gasteiger partial charge in [-0.1, -0.05) is 39.0 Å². The molecule has 0 aliphatic rings. The average molecular weight is 251 g/mol. The standard InChI is InChI=1S/C14H21NO3/c1-2-3-4-5-6-7-10-18-14(17)12-8-9-13(16)15-11-12/h8-9,11H,2-7,10H2,1H3,(H,15,16). The van der Waals surface area contributed by atoms with Crippen molar-refractivity contribution in [3.05, 3.63) is 34.2 Å².